The van der Waals surface area contributed by atoms with Crippen molar-refractivity contribution >= 4 is 5.91 Å². The van der Waals surface area contributed by atoms with Crippen LogP contribution in [0.3, 0.4) is 0 Å². The maximum absolute atomic E-state index is 11.3. The summed E-state index contributed by atoms with van der Waals surface area (Å²) in [5, 5.41) is 0. The Labute approximate surface area is 81.6 Å². The molecule has 1 amide bonds. The molecule has 0 aromatic rings. The minimum absolute atomic E-state index is 0.178. The lowest BCUT2D eigenvalue weighted by molar-refractivity contribution is -0.127. The number of nitrogens with zero attached hydrogens (tertiary/aromatic N) is 1. The first-order valence-electron chi connectivity index (χ1n) is 4.79. The third-order valence-electron chi connectivity index (χ3n) is 1.87. The van der Waals surface area contributed by atoms with Gasteiger partial charge in [0.2, 0.25) is 5.91 Å². The van der Waals surface area contributed by atoms with Gasteiger partial charge in [0, 0.05) is 20.5 Å². The van der Waals surface area contributed by atoms with Crippen LogP contribution in [0.1, 0.15) is 33.6 Å². The van der Waals surface area contributed by atoms with Crippen molar-refractivity contribution in [1.82, 2.24) is 4.90 Å². The maximum Gasteiger partial charge on any atom is 0.226 e. The average molecular weight is 183 g/mol. The molecule has 2 heteroatoms. The molecule has 0 saturated carbocycles. The number of carbonyl (C=O) groups excluding carboxylic acids is 1. The van der Waals surface area contributed by atoms with E-state index in [1.54, 1.807) is 19.0 Å². The van der Waals surface area contributed by atoms with Gasteiger partial charge in [0.25, 0.3) is 0 Å². The molecule has 2 nitrogen and oxygen atoms in total. The molecule has 13 heavy (non-hydrogen) atoms. The summed E-state index contributed by atoms with van der Waals surface area (Å²) in [4.78, 5) is 12.9. The van der Waals surface area contributed by atoms with Crippen molar-refractivity contribution in [2.24, 2.45) is 5.92 Å². The lowest BCUT2D eigenvalue weighted by atomic mass is 10.1. The molecule has 76 valence electrons. The van der Waals surface area contributed by atoms with Gasteiger partial charge in [-0.15, -0.1) is 0 Å². The van der Waals surface area contributed by atoms with Crippen LogP contribution < -0.4 is 0 Å². The Morgan fingerprint density at radius 1 is 1.38 bits per heavy atom. The molecule has 0 aliphatic carbocycles. The molecule has 0 spiro atoms. The summed E-state index contributed by atoms with van der Waals surface area (Å²) >= 11 is 0. The van der Waals surface area contributed by atoms with Crippen LogP contribution in [-0.4, -0.2) is 24.9 Å². The number of carbonyl (C=O) groups is 1. The summed E-state index contributed by atoms with van der Waals surface area (Å²) in [5.74, 6) is 0.849. The highest BCUT2D eigenvalue weighted by molar-refractivity contribution is 5.77. The lowest BCUT2D eigenvalue weighted by Crippen LogP contribution is -2.21. The molecular formula is C11H21NO. The molecule has 0 radical (unpaired) electrons. The predicted octanol–water partition coefficient (Wildman–Crippen LogP) is 2.46. The van der Waals surface area contributed by atoms with Crippen molar-refractivity contribution < 1.29 is 4.79 Å². The third kappa shape index (κ3) is 6.38. The minimum atomic E-state index is 0.178. The highest BCUT2D eigenvalue weighted by Gasteiger charge is 2.03. The van der Waals surface area contributed by atoms with Gasteiger partial charge in [0.15, 0.2) is 0 Å². The SMILES string of the molecule is C/C(=C/CC(C)C)CC(=O)N(C)C. The van der Waals surface area contributed by atoms with E-state index in [1.807, 2.05) is 6.92 Å². The Morgan fingerprint density at radius 3 is 2.31 bits per heavy atom. The first-order valence-corrected chi connectivity index (χ1v) is 4.79. The van der Waals surface area contributed by atoms with E-state index >= 15 is 0 Å². The van der Waals surface area contributed by atoms with Crippen LogP contribution in [0.4, 0.5) is 0 Å². The molecule has 0 aromatic carbocycles. The number of rotatable bonds is 4. The number of hydrogen-bond acceptors (Lipinski definition) is 1. The molecule has 0 saturated heterocycles. The minimum Gasteiger partial charge on any atom is -0.349 e. The molecule has 0 N–H and O–H groups in total. The smallest absolute Gasteiger partial charge is 0.226 e. The first kappa shape index (κ1) is 12.2. The van der Waals surface area contributed by atoms with E-state index < -0.39 is 0 Å². The van der Waals surface area contributed by atoms with Crippen LogP contribution >= 0.6 is 0 Å². The lowest BCUT2D eigenvalue weighted by Gasteiger charge is -2.10. The van der Waals surface area contributed by atoms with Gasteiger partial charge >= 0.3 is 0 Å². The molecule has 0 atom stereocenters. The number of amides is 1. The number of hydrogen-bond donors (Lipinski definition) is 0. The van der Waals surface area contributed by atoms with E-state index in [9.17, 15) is 4.79 Å². The molecule has 0 aromatic heterocycles. The van der Waals surface area contributed by atoms with E-state index in [2.05, 4.69) is 19.9 Å². The third-order valence-corrected chi connectivity index (χ3v) is 1.87. The van der Waals surface area contributed by atoms with E-state index in [0.717, 1.165) is 6.42 Å². The fourth-order valence-electron chi connectivity index (χ4n) is 0.906. The zero-order valence-electron chi connectivity index (χ0n) is 9.42. The summed E-state index contributed by atoms with van der Waals surface area (Å²) in [6.45, 7) is 6.37. The van der Waals surface area contributed by atoms with Crippen LogP contribution in [0.25, 0.3) is 0 Å². The second-order valence-corrected chi connectivity index (χ2v) is 4.14. The largest absolute Gasteiger partial charge is 0.349 e. The summed E-state index contributed by atoms with van der Waals surface area (Å²) in [6, 6.07) is 0. The van der Waals surface area contributed by atoms with E-state index in [-0.39, 0.29) is 5.91 Å². The van der Waals surface area contributed by atoms with Crippen molar-refractivity contribution in [3.63, 3.8) is 0 Å². The molecule has 0 heterocycles. The Kier molecular flexibility index (Phi) is 5.44. The Morgan fingerprint density at radius 2 is 1.92 bits per heavy atom. The maximum atomic E-state index is 11.3. The summed E-state index contributed by atoms with van der Waals surface area (Å²) in [6.07, 6.45) is 3.78. The summed E-state index contributed by atoms with van der Waals surface area (Å²) in [7, 11) is 3.58. The van der Waals surface area contributed by atoms with Gasteiger partial charge in [-0.1, -0.05) is 25.5 Å². The van der Waals surface area contributed by atoms with Crippen LogP contribution in [0, 0.1) is 5.92 Å². The summed E-state index contributed by atoms with van der Waals surface area (Å²) in [5.41, 5.74) is 1.17. The van der Waals surface area contributed by atoms with Crippen molar-refractivity contribution in [2.75, 3.05) is 14.1 Å². The van der Waals surface area contributed by atoms with Gasteiger partial charge in [0.1, 0.15) is 0 Å². The van der Waals surface area contributed by atoms with Crippen LogP contribution in [0.2, 0.25) is 0 Å². The zero-order chi connectivity index (χ0) is 10.4. The van der Waals surface area contributed by atoms with Crippen LogP contribution in [-0.2, 0) is 4.79 Å². The molecule has 0 bridgehead atoms. The normalized spacial score (nSPS) is 12.0. The van der Waals surface area contributed by atoms with Crippen LogP contribution in [0.5, 0.6) is 0 Å². The van der Waals surface area contributed by atoms with Crippen molar-refractivity contribution in [2.45, 2.75) is 33.6 Å². The van der Waals surface area contributed by atoms with Gasteiger partial charge in [-0.2, -0.15) is 0 Å². The van der Waals surface area contributed by atoms with Gasteiger partial charge in [0.05, 0.1) is 0 Å². The Bertz CT molecular complexity index is 192. The zero-order valence-corrected chi connectivity index (χ0v) is 9.42. The van der Waals surface area contributed by atoms with Crippen LogP contribution in [0.15, 0.2) is 11.6 Å². The van der Waals surface area contributed by atoms with Gasteiger partial charge in [-0.25, -0.2) is 0 Å². The summed E-state index contributed by atoms with van der Waals surface area (Å²) < 4.78 is 0. The standard InChI is InChI=1S/C11H21NO/c1-9(2)6-7-10(3)8-11(13)12(4)5/h7,9H,6,8H2,1-5H3/b10-7-. The molecule has 0 rings (SSSR count). The molecular weight excluding hydrogens is 162 g/mol. The quantitative estimate of drug-likeness (QED) is 0.613. The number of allylic oxidation sites excluding steroid dienone is 1. The highest BCUT2D eigenvalue weighted by atomic mass is 16.2. The van der Waals surface area contributed by atoms with Gasteiger partial charge < -0.3 is 4.90 Å². The predicted molar refractivity (Wildman–Crippen MR) is 56.5 cm³/mol. The highest BCUT2D eigenvalue weighted by Crippen LogP contribution is 2.07. The molecule has 0 fully saturated rings. The van der Waals surface area contributed by atoms with Gasteiger partial charge in [-0.3, -0.25) is 4.79 Å². The molecule has 0 aliphatic heterocycles. The fraction of sp³-hybridized carbons (Fsp3) is 0.727. The second-order valence-electron chi connectivity index (χ2n) is 4.14. The van der Waals surface area contributed by atoms with Crippen molar-refractivity contribution in [1.29, 1.82) is 0 Å². The molecule has 0 aliphatic rings. The second kappa shape index (κ2) is 5.79. The Balaban J connectivity index is 3.92. The fourth-order valence-corrected chi connectivity index (χ4v) is 0.906. The molecule has 0 unspecified atom stereocenters. The van der Waals surface area contributed by atoms with Crippen molar-refractivity contribution in [3.05, 3.63) is 11.6 Å². The topological polar surface area (TPSA) is 20.3 Å². The van der Waals surface area contributed by atoms with Gasteiger partial charge in [-0.05, 0) is 19.3 Å². The van der Waals surface area contributed by atoms with E-state index in [1.165, 1.54) is 5.57 Å². The average Bonchev–Trinajstić information content (AvgIpc) is 2.00. The monoisotopic (exact) mass is 183 g/mol. The van der Waals surface area contributed by atoms with Crippen molar-refractivity contribution in [3.8, 4) is 0 Å². The van der Waals surface area contributed by atoms with E-state index in [0.29, 0.717) is 12.3 Å². The first-order chi connectivity index (χ1) is 5.93. The Hall–Kier alpha value is -0.790. The van der Waals surface area contributed by atoms with E-state index in [4.69, 9.17) is 0 Å².